The molecule has 0 amide bonds. The summed E-state index contributed by atoms with van der Waals surface area (Å²) in [6.45, 7) is 0. The molecule has 0 aromatic rings. The molecule has 0 aromatic carbocycles. The van der Waals surface area contributed by atoms with E-state index in [9.17, 15) is 0 Å². The van der Waals surface area contributed by atoms with Crippen LogP contribution in [0.5, 0.6) is 0 Å². The molecule has 0 bridgehead atoms. The summed E-state index contributed by atoms with van der Waals surface area (Å²) in [6, 6.07) is 0. The first-order valence-corrected chi connectivity index (χ1v) is 0. The predicted octanol–water partition coefficient (Wildman–Crippen LogP) is -3.00. The molecule has 0 saturated heterocycles. The second-order valence-electron chi connectivity index (χ2n) is 0. The molecule has 0 atom stereocenters. The van der Waals surface area contributed by atoms with E-state index in [1.807, 2.05) is 0 Å². The Morgan fingerprint density at radius 3 is 1.00 bits per heavy atom. The van der Waals surface area contributed by atoms with Crippen LogP contribution in [0, 0.1) is 0 Å². The molecular weight excluding hydrogens is 634 g/mol. The summed E-state index contributed by atoms with van der Waals surface area (Å²) in [7, 11) is 0. The van der Waals surface area contributed by atoms with Crippen molar-refractivity contribution < 1.29 is 90.1 Å². The largest absolute Gasteiger partial charge is 1.00 e. The van der Waals surface area contributed by atoms with Gasteiger partial charge in [0.2, 0.25) is 0 Å². The summed E-state index contributed by atoms with van der Waals surface area (Å²) in [5, 5.41) is 0. The quantitative estimate of drug-likeness (QED) is 0.250. The van der Waals surface area contributed by atoms with E-state index in [1.54, 1.807) is 0 Å². The Balaban J connectivity index is 0. The smallest absolute Gasteiger partial charge is 1.00 e. The fourth-order valence-electron chi connectivity index (χ4n) is 0. The number of halogens is 1. The van der Waals surface area contributed by atoms with E-state index in [-0.39, 0.29) is 90.1 Å². The summed E-state index contributed by atoms with van der Waals surface area (Å²) in [6.07, 6.45) is 0. The molecule has 0 saturated carbocycles. The van der Waals surface area contributed by atoms with E-state index in [2.05, 4.69) is 0 Å². The maximum atomic E-state index is 0. The molecule has 2 radical (unpaired) electrons. The van der Waals surface area contributed by atoms with E-state index in [0.717, 1.165) is 0 Å². The van der Waals surface area contributed by atoms with Crippen molar-refractivity contribution in [2.75, 3.05) is 0 Å². The van der Waals surface area contributed by atoms with E-state index in [4.69, 9.17) is 0 Å². The van der Waals surface area contributed by atoms with Gasteiger partial charge in [-0.15, -0.1) is 0 Å². The van der Waals surface area contributed by atoms with Crippen molar-refractivity contribution in [1.82, 2.24) is 0 Å². The van der Waals surface area contributed by atoms with Crippen LogP contribution in [0.1, 0.15) is 0 Å². The molecule has 0 aliphatic carbocycles. The minimum Gasteiger partial charge on any atom is -1.00 e. The average molecular weight is 634 g/mol. The number of rotatable bonds is 0. The number of hydrogen-bond acceptors (Lipinski definition) is 0. The van der Waals surface area contributed by atoms with Gasteiger partial charge in [-0.25, -0.2) is 0 Å². The van der Waals surface area contributed by atoms with Gasteiger partial charge in [0.05, 0.1) is 0 Å². The molecule has 4 heteroatoms. The summed E-state index contributed by atoms with van der Waals surface area (Å²) in [4.78, 5) is 0. The first-order chi connectivity index (χ1) is 0. The third-order valence-corrected chi connectivity index (χ3v) is 0. The van der Waals surface area contributed by atoms with Gasteiger partial charge in [-0.05, 0) is 0 Å². The van der Waals surface area contributed by atoms with E-state index in [1.165, 1.54) is 0 Å². The Hall–Kier alpha value is 2.90. The Kier molecular flexibility index (Phi) is 120. The second-order valence-corrected chi connectivity index (χ2v) is 0. The first-order valence-electron chi connectivity index (χ1n) is 0. The zero-order valence-corrected chi connectivity index (χ0v) is 16.0. The van der Waals surface area contributed by atoms with Gasteiger partial charge in [0.1, 0.15) is 0 Å². The van der Waals surface area contributed by atoms with E-state index >= 15 is 0 Å². The van der Waals surface area contributed by atoms with Crippen molar-refractivity contribution in [3.05, 3.63) is 0 Å². The van der Waals surface area contributed by atoms with Gasteiger partial charge in [0, 0.05) is 50.0 Å². The summed E-state index contributed by atoms with van der Waals surface area (Å²) >= 11 is 0. The third kappa shape index (κ3) is 8.86. The molecule has 0 aliphatic heterocycles. The Bertz CT molecular complexity index is 6.00. The van der Waals surface area contributed by atoms with Crippen LogP contribution in [0.3, 0.4) is 0 Å². The summed E-state index contributed by atoms with van der Waals surface area (Å²) in [5.74, 6) is 0. The van der Waals surface area contributed by atoms with Crippen LogP contribution in [0.15, 0.2) is 0 Å². The van der Waals surface area contributed by atoms with Crippen molar-refractivity contribution in [3.8, 4) is 0 Å². The zero-order valence-electron chi connectivity index (χ0n) is 2.09. The molecule has 0 nitrogen and oxygen atoms in total. The van der Waals surface area contributed by atoms with Gasteiger partial charge in [0.15, 0.2) is 0 Å². The Morgan fingerprint density at radius 2 is 1.00 bits per heavy atom. The van der Waals surface area contributed by atoms with Gasteiger partial charge >= 0.3 is 27.7 Å². The van der Waals surface area contributed by atoms with Crippen LogP contribution >= 0.6 is 0 Å². The first kappa shape index (κ1) is 28.6. The fourth-order valence-corrected chi connectivity index (χ4v) is 0. The Morgan fingerprint density at radius 1 is 1.00 bits per heavy atom. The molecule has 0 fully saturated rings. The third-order valence-electron chi connectivity index (χ3n) is 0. The summed E-state index contributed by atoms with van der Waals surface area (Å²) in [5.41, 5.74) is 0. The van der Waals surface area contributed by atoms with Gasteiger partial charge in [0.25, 0.3) is 0 Å². The van der Waals surface area contributed by atoms with Crippen LogP contribution in [-0.4, -0.2) is 0 Å². The van der Waals surface area contributed by atoms with Crippen molar-refractivity contribution in [2.45, 2.75) is 0 Å². The van der Waals surface area contributed by atoms with Crippen molar-refractivity contribution in [1.29, 1.82) is 0 Å². The van der Waals surface area contributed by atoms with Crippen LogP contribution in [0.25, 0.3) is 0 Å². The van der Waals surface area contributed by atoms with E-state index in [0.29, 0.717) is 0 Å². The van der Waals surface area contributed by atoms with Crippen molar-refractivity contribution >= 4 is 0 Å². The maximum absolute atomic E-state index is 0. The predicted molar refractivity (Wildman–Crippen MR) is 0 cm³/mol. The van der Waals surface area contributed by atoms with Gasteiger partial charge in [-0.3, -0.25) is 0 Å². The van der Waals surface area contributed by atoms with Crippen LogP contribution < -0.4 is 12.4 Å². The van der Waals surface area contributed by atoms with Crippen LogP contribution in [0.2, 0.25) is 0 Å². The molecule has 0 rings (SSSR count). The molecule has 4 heavy (non-hydrogen) atoms. The average Bonchev–Trinajstić information content (AvgIpc) is 0. The maximum Gasteiger partial charge on any atom is 1.00 e. The topological polar surface area (TPSA) is 0 Å². The number of hydrogen-bond donors (Lipinski definition) is 0. The van der Waals surface area contributed by atoms with Crippen LogP contribution in [-0.2, 0) is 77.7 Å². The van der Waals surface area contributed by atoms with Gasteiger partial charge < -0.3 is 12.4 Å². The van der Waals surface area contributed by atoms with Gasteiger partial charge in [-0.1, -0.05) is 0 Å². The monoisotopic (exact) mass is 636 g/mol. The minimum absolute atomic E-state index is 0. The normalized spacial score (nSPS) is 0. The molecule has 0 aliphatic rings. The second kappa shape index (κ2) is 16.8. The molecule has 0 unspecified atom stereocenters. The fraction of sp³-hybridized carbons (Fsp3) is 0. The molecule has 22 valence electrons. The van der Waals surface area contributed by atoms with Crippen molar-refractivity contribution in [3.63, 3.8) is 0 Å². The molecule has 0 N–H and O–H groups in total. The summed E-state index contributed by atoms with van der Waals surface area (Å²) < 4.78 is 0. The standard InChI is InChI=1S/Au.ClH.2Hg/h;1H;;/q;;;+1/p-1. The SMILES string of the molecule is [Au].[Cl-].[Hg+].[Hg]. The molecule has 0 spiro atoms. The van der Waals surface area contributed by atoms with Gasteiger partial charge in [-0.2, -0.15) is 0 Å². The zero-order chi connectivity index (χ0) is 0. The van der Waals surface area contributed by atoms with Crippen molar-refractivity contribution in [2.24, 2.45) is 0 Å². The van der Waals surface area contributed by atoms with Crippen LogP contribution in [0.4, 0.5) is 0 Å². The minimum atomic E-state index is 0. The van der Waals surface area contributed by atoms with E-state index < -0.39 is 0 Å². The molecule has 0 heterocycles. The Labute approximate surface area is 88.4 Å². The molecular formula is AuClHg2. The molecule has 0 aromatic heterocycles.